The summed E-state index contributed by atoms with van der Waals surface area (Å²) in [6.07, 6.45) is 6.53. The predicted octanol–water partition coefficient (Wildman–Crippen LogP) is 6.95. The van der Waals surface area contributed by atoms with Crippen LogP contribution in [0.15, 0.2) is 24.8 Å². The Labute approximate surface area is 210 Å². The van der Waals surface area contributed by atoms with Gasteiger partial charge in [-0.3, -0.25) is 4.79 Å². The van der Waals surface area contributed by atoms with Crippen molar-refractivity contribution in [2.45, 2.75) is 105 Å². The summed E-state index contributed by atoms with van der Waals surface area (Å²) < 4.78 is 26.9. The van der Waals surface area contributed by atoms with Crippen molar-refractivity contribution in [3.63, 3.8) is 0 Å². The standard InChI is InChI=1S/C29H44FNO4/c1-10-15-29(11-2,12-3)18-34-23-17-22(30)21(16-20(23)19-13-14-19)25(32)31-24(27(4,5)6)26(33)35-28(7,8)9/h10,16-17,19,24H,1,11-15,18H2,2-9H3,(H,31,32)/t24-/m1/s1. The van der Waals surface area contributed by atoms with Crippen molar-refractivity contribution in [3.8, 4) is 5.75 Å². The van der Waals surface area contributed by atoms with E-state index in [4.69, 9.17) is 9.47 Å². The third-order valence-electron chi connectivity index (χ3n) is 6.76. The van der Waals surface area contributed by atoms with Crippen LogP contribution in [0.2, 0.25) is 0 Å². The van der Waals surface area contributed by atoms with Crippen LogP contribution >= 0.6 is 0 Å². The number of benzene rings is 1. The maximum Gasteiger partial charge on any atom is 0.329 e. The van der Waals surface area contributed by atoms with Crippen molar-refractivity contribution in [1.29, 1.82) is 0 Å². The molecule has 2 rings (SSSR count). The lowest BCUT2D eigenvalue weighted by Gasteiger charge is -2.32. The van der Waals surface area contributed by atoms with Crippen molar-refractivity contribution < 1.29 is 23.5 Å². The molecule has 1 aromatic rings. The quantitative estimate of drug-likeness (QED) is 0.270. The molecule has 35 heavy (non-hydrogen) atoms. The number of amides is 1. The third-order valence-corrected chi connectivity index (χ3v) is 6.76. The number of esters is 1. The number of carbonyl (C=O) groups excluding carboxylic acids is 2. The molecule has 1 N–H and O–H groups in total. The van der Waals surface area contributed by atoms with Crippen LogP contribution in [-0.4, -0.2) is 30.1 Å². The highest BCUT2D eigenvalue weighted by molar-refractivity contribution is 5.97. The molecule has 0 saturated heterocycles. The molecule has 5 nitrogen and oxygen atoms in total. The van der Waals surface area contributed by atoms with Crippen LogP contribution in [0.5, 0.6) is 5.75 Å². The number of halogens is 1. The fraction of sp³-hybridized carbons (Fsp3) is 0.655. The van der Waals surface area contributed by atoms with Crippen molar-refractivity contribution in [2.24, 2.45) is 10.8 Å². The van der Waals surface area contributed by atoms with E-state index in [1.54, 1.807) is 26.8 Å². The number of carbonyl (C=O) groups is 2. The molecule has 6 heteroatoms. The van der Waals surface area contributed by atoms with Gasteiger partial charge in [-0.25, -0.2) is 9.18 Å². The number of allylic oxidation sites excluding steroid dienone is 1. The van der Waals surface area contributed by atoms with Gasteiger partial charge < -0.3 is 14.8 Å². The Morgan fingerprint density at radius 2 is 1.74 bits per heavy atom. The lowest BCUT2D eigenvalue weighted by Crippen LogP contribution is -2.51. The molecule has 1 aliphatic carbocycles. The van der Waals surface area contributed by atoms with Crippen LogP contribution in [0, 0.1) is 16.6 Å². The van der Waals surface area contributed by atoms with Crippen LogP contribution in [0.25, 0.3) is 0 Å². The molecule has 1 atom stereocenters. The zero-order chi connectivity index (χ0) is 26.6. The Kier molecular flexibility index (Phi) is 9.18. The molecule has 0 bridgehead atoms. The second-order valence-corrected chi connectivity index (χ2v) is 11.9. The van der Waals surface area contributed by atoms with Gasteiger partial charge in [-0.15, -0.1) is 6.58 Å². The van der Waals surface area contributed by atoms with Gasteiger partial charge >= 0.3 is 5.97 Å². The summed E-state index contributed by atoms with van der Waals surface area (Å²) in [7, 11) is 0. The predicted molar refractivity (Wildman–Crippen MR) is 138 cm³/mol. The number of ether oxygens (including phenoxy) is 2. The summed E-state index contributed by atoms with van der Waals surface area (Å²) in [6, 6.07) is 1.99. The Hall–Kier alpha value is -2.37. The zero-order valence-electron chi connectivity index (χ0n) is 22.8. The van der Waals surface area contributed by atoms with Gasteiger partial charge in [0.15, 0.2) is 0 Å². The lowest BCUT2D eigenvalue weighted by molar-refractivity contribution is -0.160. The van der Waals surface area contributed by atoms with E-state index in [-0.39, 0.29) is 16.9 Å². The summed E-state index contributed by atoms with van der Waals surface area (Å²) >= 11 is 0. The van der Waals surface area contributed by atoms with Crippen molar-refractivity contribution in [1.82, 2.24) is 5.32 Å². The highest BCUT2D eigenvalue weighted by Gasteiger charge is 2.37. The van der Waals surface area contributed by atoms with Gasteiger partial charge in [0.05, 0.1) is 12.2 Å². The SMILES string of the molecule is C=CCC(CC)(CC)COc1cc(F)c(C(=O)N[C@H](C(=O)OC(C)(C)C)C(C)(C)C)cc1C1CC1. The summed E-state index contributed by atoms with van der Waals surface area (Å²) in [5, 5.41) is 2.73. The van der Waals surface area contributed by atoms with Crippen molar-refractivity contribution >= 4 is 11.9 Å². The number of nitrogens with one attached hydrogen (secondary N) is 1. The molecule has 1 saturated carbocycles. The monoisotopic (exact) mass is 489 g/mol. The third kappa shape index (κ3) is 7.81. The van der Waals surface area contributed by atoms with Crippen LogP contribution in [-0.2, 0) is 9.53 Å². The average Bonchev–Trinajstić information content (AvgIpc) is 3.58. The zero-order valence-corrected chi connectivity index (χ0v) is 22.8. The molecular formula is C29H44FNO4. The summed E-state index contributed by atoms with van der Waals surface area (Å²) in [5.41, 5.74) is -0.609. The molecule has 0 heterocycles. The first-order valence-electron chi connectivity index (χ1n) is 12.8. The van der Waals surface area contributed by atoms with E-state index in [1.165, 1.54) is 6.07 Å². The molecule has 0 spiro atoms. The lowest BCUT2D eigenvalue weighted by atomic mass is 9.80. The molecule has 0 unspecified atom stereocenters. The Morgan fingerprint density at radius 1 is 1.14 bits per heavy atom. The van der Waals surface area contributed by atoms with Crippen molar-refractivity contribution in [3.05, 3.63) is 41.7 Å². The fourth-order valence-electron chi connectivity index (χ4n) is 4.12. The molecule has 1 amide bonds. The first-order chi connectivity index (χ1) is 16.2. The average molecular weight is 490 g/mol. The maximum absolute atomic E-state index is 15.2. The molecule has 0 radical (unpaired) electrons. The van der Waals surface area contributed by atoms with Gasteiger partial charge in [0.1, 0.15) is 23.2 Å². The summed E-state index contributed by atoms with van der Waals surface area (Å²) in [6.45, 7) is 19.4. The first-order valence-corrected chi connectivity index (χ1v) is 12.8. The smallest absolute Gasteiger partial charge is 0.329 e. The van der Waals surface area contributed by atoms with Gasteiger partial charge in [-0.05, 0) is 75.8 Å². The van der Waals surface area contributed by atoms with E-state index in [1.807, 2.05) is 26.8 Å². The molecule has 1 aliphatic rings. The number of hydrogen-bond donors (Lipinski definition) is 1. The van der Waals surface area contributed by atoms with E-state index in [2.05, 4.69) is 25.7 Å². The normalized spacial score (nSPS) is 15.3. The second kappa shape index (κ2) is 11.1. The van der Waals surface area contributed by atoms with Gasteiger partial charge in [-0.2, -0.15) is 0 Å². The molecule has 0 aromatic heterocycles. The Morgan fingerprint density at radius 3 is 2.20 bits per heavy atom. The largest absolute Gasteiger partial charge is 0.493 e. The van der Waals surface area contributed by atoms with Gasteiger partial charge in [-0.1, -0.05) is 40.7 Å². The highest BCUT2D eigenvalue weighted by Crippen LogP contribution is 2.46. The van der Waals surface area contributed by atoms with Gasteiger partial charge in [0, 0.05) is 11.5 Å². The van der Waals surface area contributed by atoms with E-state index in [0.29, 0.717) is 12.4 Å². The van der Waals surface area contributed by atoms with Crippen LogP contribution in [0.1, 0.15) is 109 Å². The Balaban J connectivity index is 2.32. The van der Waals surface area contributed by atoms with Crippen molar-refractivity contribution in [2.75, 3.05) is 6.61 Å². The second-order valence-electron chi connectivity index (χ2n) is 11.9. The minimum absolute atomic E-state index is 0.0531. The van der Waals surface area contributed by atoms with E-state index in [9.17, 15) is 9.59 Å². The molecule has 196 valence electrons. The van der Waals surface area contributed by atoms with E-state index < -0.39 is 34.8 Å². The first kappa shape index (κ1) is 28.9. The maximum atomic E-state index is 15.2. The van der Waals surface area contributed by atoms with Gasteiger partial charge in [0.25, 0.3) is 5.91 Å². The molecule has 1 aromatic carbocycles. The molecule has 1 fully saturated rings. The summed E-state index contributed by atoms with van der Waals surface area (Å²) in [5.74, 6) is -1.10. The minimum Gasteiger partial charge on any atom is -0.493 e. The van der Waals surface area contributed by atoms with Crippen LogP contribution in [0.3, 0.4) is 0 Å². The fourth-order valence-corrected chi connectivity index (χ4v) is 4.12. The molecule has 0 aliphatic heterocycles. The minimum atomic E-state index is -0.928. The molecular weight excluding hydrogens is 445 g/mol. The van der Waals surface area contributed by atoms with Crippen LogP contribution < -0.4 is 10.1 Å². The van der Waals surface area contributed by atoms with Gasteiger partial charge in [0.2, 0.25) is 0 Å². The Bertz CT molecular complexity index is 918. The number of rotatable bonds is 11. The van der Waals surface area contributed by atoms with E-state index in [0.717, 1.165) is 37.7 Å². The number of hydrogen-bond acceptors (Lipinski definition) is 4. The topological polar surface area (TPSA) is 64.6 Å². The summed E-state index contributed by atoms with van der Waals surface area (Å²) in [4.78, 5) is 26.0. The highest BCUT2D eigenvalue weighted by atomic mass is 19.1. The van der Waals surface area contributed by atoms with Crippen LogP contribution in [0.4, 0.5) is 4.39 Å². The van der Waals surface area contributed by atoms with E-state index >= 15 is 4.39 Å².